The van der Waals surface area contributed by atoms with Gasteiger partial charge in [-0.25, -0.2) is 0 Å². The van der Waals surface area contributed by atoms with Crippen molar-refractivity contribution in [3.63, 3.8) is 0 Å². The lowest BCUT2D eigenvalue weighted by Gasteiger charge is -2.07. The lowest BCUT2D eigenvalue weighted by atomic mass is 10.2. The first kappa shape index (κ1) is 12.7. The largest absolute Gasteiger partial charge is 0.507 e. The number of hydrogen-bond acceptors (Lipinski definition) is 4. The Morgan fingerprint density at radius 2 is 2.28 bits per heavy atom. The average Bonchev–Trinajstić information content (AvgIpc) is 2.64. The van der Waals surface area contributed by atoms with Gasteiger partial charge in [-0.05, 0) is 40.8 Å². The molecule has 0 spiro atoms. The second-order valence-electron chi connectivity index (χ2n) is 3.69. The number of nitrogens with two attached hydrogens (primary N) is 1. The van der Waals surface area contributed by atoms with Gasteiger partial charge in [0, 0.05) is 12.6 Å². The van der Waals surface area contributed by atoms with Crippen LogP contribution in [0, 0.1) is 3.57 Å². The standard InChI is InChI=1S/C11H11IN4O2/c1-16-10(8(13)5-14-16)15-11(18)6-2-3-7(12)9(17)4-6/h2-5,17H,13H2,1H3,(H,15,18). The van der Waals surface area contributed by atoms with Gasteiger partial charge < -0.3 is 16.2 Å². The van der Waals surface area contributed by atoms with Gasteiger partial charge >= 0.3 is 0 Å². The number of halogens is 1. The molecule has 94 valence electrons. The number of nitrogens with one attached hydrogen (secondary N) is 1. The summed E-state index contributed by atoms with van der Waals surface area (Å²) < 4.78 is 2.16. The lowest BCUT2D eigenvalue weighted by Crippen LogP contribution is -2.15. The lowest BCUT2D eigenvalue weighted by molar-refractivity contribution is 0.102. The minimum Gasteiger partial charge on any atom is -0.507 e. The number of nitrogens with zero attached hydrogens (tertiary/aromatic N) is 2. The van der Waals surface area contributed by atoms with E-state index in [0.29, 0.717) is 20.6 Å². The smallest absolute Gasteiger partial charge is 0.257 e. The van der Waals surface area contributed by atoms with Crippen LogP contribution in [0.4, 0.5) is 11.5 Å². The van der Waals surface area contributed by atoms with Crippen LogP contribution in [0.25, 0.3) is 0 Å². The number of benzene rings is 1. The molecule has 1 amide bonds. The van der Waals surface area contributed by atoms with Gasteiger partial charge in [0.15, 0.2) is 5.82 Å². The fourth-order valence-electron chi connectivity index (χ4n) is 1.44. The Morgan fingerprint density at radius 1 is 1.56 bits per heavy atom. The number of amides is 1. The molecule has 0 radical (unpaired) electrons. The molecule has 2 aromatic rings. The Labute approximate surface area is 117 Å². The van der Waals surface area contributed by atoms with Gasteiger partial charge in [-0.1, -0.05) is 0 Å². The van der Waals surface area contributed by atoms with E-state index in [-0.39, 0.29) is 11.7 Å². The number of carbonyl (C=O) groups is 1. The van der Waals surface area contributed by atoms with Gasteiger partial charge in [0.1, 0.15) is 5.75 Å². The van der Waals surface area contributed by atoms with Crippen molar-refractivity contribution in [1.82, 2.24) is 9.78 Å². The zero-order chi connectivity index (χ0) is 13.3. The van der Waals surface area contributed by atoms with Crippen LogP contribution in [-0.2, 0) is 7.05 Å². The van der Waals surface area contributed by atoms with Crippen molar-refractivity contribution >= 4 is 40.0 Å². The molecule has 7 heteroatoms. The van der Waals surface area contributed by atoms with Gasteiger partial charge in [0.2, 0.25) is 0 Å². The maximum absolute atomic E-state index is 12.0. The zero-order valence-corrected chi connectivity index (χ0v) is 11.7. The molecule has 18 heavy (non-hydrogen) atoms. The first-order valence-electron chi connectivity index (χ1n) is 5.06. The highest BCUT2D eigenvalue weighted by molar-refractivity contribution is 14.1. The van der Waals surface area contributed by atoms with Crippen molar-refractivity contribution in [1.29, 1.82) is 0 Å². The van der Waals surface area contributed by atoms with Gasteiger partial charge in [0.25, 0.3) is 5.91 Å². The summed E-state index contributed by atoms with van der Waals surface area (Å²) in [4.78, 5) is 12.0. The van der Waals surface area contributed by atoms with E-state index in [1.54, 1.807) is 19.2 Å². The fraction of sp³-hybridized carbons (Fsp3) is 0.0909. The molecule has 1 aromatic heterocycles. The van der Waals surface area contributed by atoms with E-state index < -0.39 is 0 Å². The first-order chi connectivity index (χ1) is 8.49. The number of aromatic nitrogens is 2. The van der Waals surface area contributed by atoms with E-state index in [4.69, 9.17) is 5.73 Å². The van der Waals surface area contributed by atoms with Crippen molar-refractivity contribution in [3.05, 3.63) is 33.5 Å². The van der Waals surface area contributed by atoms with E-state index in [2.05, 4.69) is 10.4 Å². The SMILES string of the molecule is Cn1ncc(N)c1NC(=O)c1ccc(I)c(O)c1. The van der Waals surface area contributed by atoms with E-state index in [0.717, 1.165) is 0 Å². The molecule has 0 fully saturated rings. The van der Waals surface area contributed by atoms with Gasteiger partial charge in [-0.15, -0.1) is 0 Å². The Bertz CT molecular complexity index is 590. The van der Waals surface area contributed by atoms with Crippen LogP contribution in [0.2, 0.25) is 0 Å². The number of phenolic OH excluding ortho intramolecular Hbond substituents is 1. The Kier molecular flexibility index (Phi) is 3.41. The molecule has 0 atom stereocenters. The molecular formula is C11H11IN4O2. The summed E-state index contributed by atoms with van der Waals surface area (Å²) in [5, 5.41) is 16.1. The maximum atomic E-state index is 12.0. The van der Waals surface area contributed by atoms with Crippen LogP contribution in [0.1, 0.15) is 10.4 Å². The molecule has 0 bridgehead atoms. The predicted octanol–water partition coefficient (Wildman–Crippen LogP) is 1.56. The molecule has 4 N–H and O–H groups in total. The molecule has 0 aliphatic heterocycles. The Balaban J connectivity index is 2.25. The van der Waals surface area contributed by atoms with E-state index in [1.807, 2.05) is 22.6 Å². The van der Waals surface area contributed by atoms with Crippen LogP contribution in [0.3, 0.4) is 0 Å². The summed E-state index contributed by atoms with van der Waals surface area (Å²) in [5.74, 6) is 0.149. The summed E-state index contributed by atoms with van der Waals surface area (Å²) in [6, 6.07) is 4.70. The van der Waals surface area contributed by atoms with E-state index in [1.165, 1.54) is 16.9 Å². The van der Waals surface area contributed by atoms with Gasteiger partial charge in [-0.3, -0.25) is 9.48 Å². The van der Waals surface area contributed by atoms with E-state index in [9.17, 15) is 9.90 Å². The minimum atomic E-state index is -0.350. The molecule has 6 nitrogen and oxygen atoms in total. The molecule has 0 unspecified atom stereocenters. The molecule has 1 heterocycles. The number of rotatable bonds is 2. The van der Waals surface area contributed by atoms with Crippen LogP contribution in [0.5, 0.6) is 5.75 Å². The number of anilines is 2. The average molecular weight is 358 g/mol. The van der Waals surface area contributed by atoms with Crippen molar-refractivity contribution in [2.45, 2.75) is 0 Å². The summed E-state index contributed by atoms with van der Waals surface area (Å²) in [6.45, 7) is 0. The molecule has 0 aliphatic carbocycles. The number of aryl methyl sites for hydroxylation is 1. The number of nitrogen functional groups attached to an aromatic ring is 1. The molecule has 0 saturated carbocycles. The highest BCUT2D eigenvalue weighted by Gasteiger charge is 2.12. The monoisotopic (exact) mass is 358 g/mol. The fourth-order valence-corrected chi connectivity index (χ4v) is 1.78. The third kappa shape index (κ3) is 2.40. The van der Waals surface area contributed by atoms with Crippen molar-refractivity contribution in [3.8, 4) is 5.75 Å². The predicted molar refractivity (Wildman–Crippen MR) is 76.4 cm³/mol. The third-order valence-electron chi connectivity index (χ3n) is 2.41. The van der Waals surface area contributed by atoms with Crippen LogP contribution in [-0.4, -0.2) is 20.8 Å². The second kappa shape index (κ2) is 4.84. The Morgan fingerprint density at radius 3 is 2.83 bits per heavy atom. The summed E-state index contributed by atoms with van der Waals surface area (Å²) in [7, 11) is 1.68. The summed E-state index contributed by atoms with van der Waals surface area (Å²) >= 11 is 1.98. The molecular weight excluding hydrogens is 347 g/mol. The van der Waals surface area contributed by atoms with E-state index >= 15 is 0 Å². The number of hydrogen-bond donors (Lipinski definition) is 3. The van der Waals surface area contributed by atoms with Crippen LogP contribution < -0.4 is 11.1 Å². The maximum Gasteiger partial charge on any atom is 0.257 e. The van der Waals surface area contributed by atoms with Gasteiger partial charge in [-0.2, -0.15) is 5.10 Å². The number of phenols is 1. The third-order valence-corrected chi connectivity index (χ3v) is 3.32. The quantitative estimate of drug-likeness (QED) is 0.711. The molecule has 0 aliphatic rings. The molecule has 1 aromatic carbocycles. The topological polar surface area (TPSA) is 93.2 Å². The normalized spacial score (nSPS) is 10.3. The molecule has 0 saturated heterocycles. The Hall–Kier alpha value is -1.77. The number of carbonyl (C=O) groups excluding carboxylic acids is 1. The number of aromatic hydroxyl groups is 1. The van der Waals surface area contributed by atoms with Crippen LogP contribution >= 0.6 is 22.6 Å². The summed E-state index contributed by atoms with van der Waals surface area (Å²) in [6.07, 6.45) is 1.46. The zero-order valence-electron chi connectivity index (χ0n) is 9.51. The van der Waals surface area contributed by atoms with Crippen molar-refractivity contribution in [2.24, 2.45) is 7.05 Å². The highest BCUT2D eigenvalue weighted by Crippen LogP contribution is 2.22. The highest BCUT2D eigenvalue weighted by atomic mass is 127. The van der Waals surface area contributed by atoms with Gasteiger partial charge in [0.05, 0.1) is 15.5 Å². The van der Waals surface area contributed by atoms with Crippen molar-refractivity contribution < 1.29 is 9.90 Å². The second-order valence-corrected chi connectivity index (χ2v) is 4.85. The van der Waals surface area contributed by atoms with Crippen molar-refractivity contribution in [2.75, 3.05) is 11.1 Å². The summed E-state index contributed by atoms with van der Waals surface area (Å²) in [5.41, 5.74) is 6.42. The minimum absolute atomic E-state index is 0.0706. The first-order valence-corrected chi connectivity index (χ1v) is 6.14. The van der Waals surface area contributed by atoms with Crippen LogP contribution in [0.15, 0.2) is 24.4 Å². The molecule has 2 rings (SSSR count).